The highest BCUT2D eigenvalue weighted by molar-refractivity contribution is 5.83. The number of benzene rings is 3. The molecule has 0 fully saturated rings. The van der Waals surface area contributed by atoms with E-state index in [-0.39, 0.29) is 17.2 Å². The van der Waals surface area contributed by atoms with Gasteiger partial charge in [-0.15, -0.1) is 10.2 Å². The maximum absolute atomic E-state index is 15.6. The van der Waals surface area contributed by atoms with Gasteiger partial charge in [0, 0.05) is 23.6 Å². The van der Waals surface area contributed by atoms with Crippen LogP contribution >= 0.6 is 0 Å². The second kappa shape index (κ2) is 7.98. The quantitative estimate of drug-likeness (QED) is 0.386. The van der Waals surface area contributed by atoms with Gasteiger partial charge in [-0.05, 0) is 53.1 Å². The number of nitrogens with one attached hydrogen (secondary N) is 1. The van der Waals surface area contributed by atoms with Crippen LogP contribution in [0.15, 0.2) is 66.7 Å². The SMILES string of the molecule is Fc1c(-c2ccc(C(F)(F)F)nn2)ccc2c1CNCCC2c1ccc2ccccc2c1. The van der Waals surface area contributed by atoms with Crippen molar-refractivity contribution in [1.29, 1.82) is 0 Å². The first-order chi connectivity index (χ1) is 15.4. The summed E-state index contributed by atoms with van der Waals surface area (Å²) < 4.78 is 53.9. The van der Waals surface area contributed by atoms with E-state index in [9.17, 15) is 13.2 Å². The summed E-state index contributed by atoms with van der Waals surface area (Å²) in [6, 6.07) is 19.8. The van der Waals surface area contributed by atoms with Crippen LogP contribution in [0.2, 0.25) is 0 Å². The van der Waals surface area contributed by atoms with Crippen LogP contribution in [0.3, 0.4) is 0 Å². The third-order valence-electron chi connectivity index (χ3n) is 5.97. The molecule has 1 atom stereocenters. The van der Waals surface area contributed by atoms with Crippen molar-refractivity contribution in [2.45, 2.75) is 25.1 Å². The first-order valence-electron chi connectivity index (χ1n) is 10.3. The van der Waals surface area contributed by atoms with Gasteiger partial charge in [0.05, 0.1) is 5.69 Å². The standard InChI is InChI=1S/C25H19F4N3/c26-24-20(22-9-10-23(32-31-22)25(27,28)29)8-7-19-18(11-12-30-14-21(19)24)17-6-5-15-3-1-2-4-16(15)13-17/h1-10,13,18,30H,11-12,14H2. The van der Waals surface area contributed by atoms with E-state index >= 15 is 4.39 Å². The Morgan fingerprint density at radius 3 is 2.44 bits per heavy atom. The minimum absolute atomic E-state index is 0.00634. The van der Waals surface area contributed by atoms with Crippen LogP contribution in [0, 0.1) is 5.82 Å². The fourth-order valence-electron chi connectivity index (χ4n) is 4.35. The van der Waals surface area contributed by atoms with Crippen molar-refractivity contribution < 1.29 is 17.6 Å². The normalized spacial score (nSPS) is 16.6. The second-order valence-corrected chi connectivity index (χ2v) is 7.92. The number of rotatable bonds is 2. The molecule has 1 unspecified atom stereocenters. The van der Waals surface area contributed by atoms with Crippen LogP contribution in [0.25, 0.3) is 22.0 Å². The van der Waals surface area contributed by atoms with Gasteiger partial charge in [0.25, 0.3) is 0 Å². The molecule has 1 aliphatic rings. The summed E-state index contributed by atoms with van der Waals surface area (Å²) in [4.78, 5) is 0. The number of alkyl halides is 3. The lowest BCUT2D eigenvalue weighted by atomic mass is 9.84. The highest BCUT2D eigenvalue weighted by Crippen LogP contribution is 2.37. The van der Waals surface area contributed by atoms with E-state index in [0.717, 1.165) is 47.0 Å². The van der Waals surface area contributed by atoms with E-state index in [1.54, 1.807) is 6.07 Å². The summed E-state index contributed by atoms with van der Waals surface area (Å²) in [7, 11) is 0. The van der Waals surface area contributed by atoms with Crippen LogP contribution < -0.4 is 5.32 Å². The van der Waals surface area contributed by atoms with E-state index < -0.39 is 17.7 Å². The average molecular weight is 437 g/mol. The molecule has 32 heavy (non-hydrogen) atoms. The summed E-state index contributed by atoms with van der Waals surface area (Å²) >= 11 is 0. The lowest BCUT2D eigenvalue weighted by molar-refractivity contribution is -0.141. The lowest BCUT2D eigenvalue weighted by Crippen LogP contribution is -2.13. The Labute approximate surface area is 182 Å². The maximum Gasteiger partial charge on any atom is 0.435 e. The van der Waals surface area contributed by atoms with Gasteiger partial charge in [0.15, 0.2) is 5.69 Å². The molecule has 5 rings (SSSR count). The van der Waals surface area contributed by atoms with Crippen LogP contribution in [0.5, 0.6) is 0 Å². The van der Waals surface area contributed by atoms with Gasteiger partial charge in [0.2, 0.25) is 0 Å². The van der Waals surface area contributed by atoms with Crippen molar-refractivity contribution in [2.75, 3.05) is 6.54 Å². The first kappa shape index (κ1) is 20.6. The van der Waals surface area contributed by atoms with Gasteiger partial charge in [-0.3, -0.25) is 0 Å². The Bertz CT molecular complexity index is 1280. The molecule has 1 aromatic heterocycles. The van der Waals surface area contributed by atoms with Crippen molar-refractivity contribution in [2.24, 2.45) is 0 Å². The summed E-state index contributed by atoms with van der Waals surface area (Å²) in [6.45, 7) is 1.06. The molecule has 3 nitrogen and oxygen atoms in total. The molecule has 1 aliphatic heterocycles. The summed E-state index contributed by atoms with van der Waals surface area (Å²) in [6.07, 6.45) is -3.78. The lowest BCUT2D eigenvalue weighted by Gasteiger charge is -2.20. The highest BCUT2D eigenvalue weighted by Gasteiger charge is 2.33. The minimum atomic E-state index is -4.59. The van der Waals surface area contributed by atoms with Gasteiger partial charge >= 0.3 is 6.18 Å². The number of hydrogen-bond acceptors (Lipinski definition) is 3. The fourth-order valence-corrected chi connectivity index (χ4v) is 4.35. The van der Waals surface area contributed by atoms with E-state index in [1.807, 2.05) is 18.2 Å². The number of halogens is 4. The molecular weight excluding hydrogens is 418 g/mol. The van der Waals surface area contributed by atoms with E-state index in [0.29, 0.717) is 12.1 Å². The molecule has 0 aliphatic carbocycles. The summed E-state index contributed by atoms with van der Waals surface area (Å²) in [5.41, 5.74) is 1.62. The zero-order valence-electron chi connectivity index (χ0n) is 17.0. The van der Waals surface area contributed by atoms with Crippen LogP contribution in [0.1, 0.15) is 34.7 Å². The fraction of sp³-hybridized carbons (Fsp3) is 0.200. The third kappa shape index (κ3) is 3.73. The second-order valence-electron chi connectivity index (χ2n) is 7.92. The average Bonchev–Trinajstić information content (AvgIpc) is 3.02. The van der Waals surface area contributed by atoms with Crippen molar-refractivity contribution in [1.82, 2.24) is 15.5 Å². The number of hydrogen-bond donors (Lipinski definition) is 1. The largest absolute Gasteiger partial charge is 0.435 e. The van der Waals surface area contributed by atoms with Gasteiger partial charge in [0.1, 0.15) is 5.82 Å². The number of fused-ring (bicyclic) bond motifs is 2. The predicted molar refractivity (Wildman–Crippen MR) is 115 cm³/mol. The van der Waals surface area contributed by atoms with Gasteiger partial charge in [-0.2, -0.15) is 13.2 Å². The molecule has 1 N–H and O–H groups in total. The molecule has 7 heteroatoms. The molecule has 0 saturated carbocycles. The van der Waals surface area contributed by atoms with Crippen molar-refractivity contribution in [3.63, 3.8) is 0 Å². The summed E-state index contributed by atoms with van der Waals surface area (Å²) in [5.74, 6) is -0.469. The maximum atomic E-state index is 15.6. The molecular formula is C25H19F4N3. The molecule has 2 heterocycles. The van der Waals surface area contributed by atoms with Crippen LogP contribution in [-0.4, -0.2) is 16.7 Å². The molecule has 4 aromatic rings. The van der Waals surface area contributed by atoms with E-state index in [1.165, 1.54) is 0 Å². The Hall–Kier alpha value is -3.32. The minimum Gasteiger partial charge on any atom is -0.313 e. The van der Waals surface area contributed by atoms with Gasteiger partial charge in [-0.1, -0.05) is 48.5 Å². The Morgan fingerprint density at radius 2 is 1.69 bits per heavy atom. The number of nitrogens with zero attached hydrogens (tertiary/aromatic N) is 2. The molecule has 0 amide bonds. The number of aromatic nitrogens is 2. The zero-order chi connectivity index (χ0) is 22.3. The molecule has 0 radical (unpaired) electrons. The van der Waals surface area contributed by atoms with Crippen molar-refractivity contribution in [3.05, 3.63) is 94.9 Å². The zero-order valence-corrected chi connectivity index (χ0v) is 17.0. The van der Waals surface area contributed by atoms with Crippen LogP contribution in [0.4, 0.5) is 17.6 Å². The first-order valence-corrected chi connectivity index (χ1v) is 10.3. The molecule has 3 aromatic carbocycles. The third-order valence-corrected chi connectivity index (χ3v) is 5.97. The van der Waals surface area contributed by atoms with Crippen molar-refractivity contribution in [3.8, 4) is 11.3 Å². The topological polar surface area (TPSA) is 37.8 Å². The van der Waals surface area contributed by atoms with Crippen LogP contribution in [-0.2, 0) is 12.7 Å². The Morgan fingerprint density at radius 1 is 0.875 bits per heavy atom. The predicted octanol–water partition coefficient (Wildman–Crippen LogP) is 6.08. The van der Waals surface area contributed by atoms with E-state index in [4.69, 9.17) is 0 Å². The highest BCUT2D eigenvalue weighted by atomic mass is 19.4. The Kier molecular flexibility index (Phi) is 5.13. The molecule has 0 saturated heterocycles. The summed E-state index contributed by atoms with van der Waals surface area (Å²) in [5, 5.41) is 12.4. The molecule has 162 valence electrons. The Balaban J connectivity index is 1.56. The molecule has 0 bridgehead atoms. The smallest absolute Gasteiger partial charge is 0.313 e. The van der Waals surface area contributed by atoms with Crippen molar-refractivity contribution >= 4 is 10.8 Å². The van der Waals surface area contributed by atoms with Gasteiger partial charge in [-0.25, -0.2) is 4.39 Å². The van der Waals surface area contributed by atoms with Gasteiger partial charge < -0.3 is 5.32 Å². The molecule has 0 spiro atoms. The monoisotopic (exact) mass is 437 g/mol. The van der Waals surface area contributed by atoms with E-state index in [2.05, 4.69) is 45.8 Å².